The van der Waals surface area contributed by atoms with Crippen molar-refractivity contribution < 1.29 is 22.8 Å². The molecule has 2 aromatic heterocycles. The molecule has 0 atom stereocenters. The molecule has 0 aromatic carbocycles. The van der Waals surface area contributed by atoms with Crippen LogP contribution in [0, 0.1) is 0 Å². The zero-order valence-corrected chi connectivity index (χ0v) is 15.5. The number of alkyl halides is 3. The number of halogens is 3. The van der Waals surface area contributed by atoms with Crippen molar-refractivity contribution in [2.75, 3.05) is 5.32 Å². The van der Waals surface area contributed by atoms with Gasteiger partial charge in [0.2, 0.25) is 5.91 Å². The molecule has 0 saturated heterocycles. The van der Waals surface area contributed by atoms with Gasteiger partial charge < -0.3 is 11.1 Å². The van der Waals surface area contributed by atoms with Gasteiger partial charge in [0.05, 0.1) is 5.56 Å². The number of hydrogen-bond acceptors (Lipinski definition) is 4. The van der Waals surface area contributed by atoms with Crippen LogP contribution in [0.5, 0.6) is 0 Å². The minimum absolute atomic E-state index is 0.0275. The Morgan fingerprint density at radius 3 is 2.63 bits per heavy atom. The first-order valence-electron chi connectivity index (χ1n) is 8.58. The molecule has 10 heteroatoms. The molecule has 146 valence electrons. The average molecular weight is 400 g/mol. The number of rotatable bonds is 5. The van der Waals surface area contributed by atoms with Crippen LogP contribution in [0.3, 0.4) is 0 Å². The largest absolute Gasteiger partial charge is 0.435 e. The summed E-state index contributed by atoms with van der Waals surface area (Å²) in [6.45, 7) is 1.20. The number of carbonyl (C=O) groups is 2. The Labute approximate surface area is 157 Å². The number of aromatic nitrogens is 2. The first kappa shape index (κ1) is 19.4. The molecule has 2 amide bonds. The SMILES string of the molecule is CCc1cn(CC(=O)Nc2sc3c(c2C(N)=O)CCCC3)nc1C(F)(F)F. The van der Waals surface area contributed by atoms with Crippen LogP contribution in [-0.2, 0) is 36.8 Å². The fourth-order valence-corrected chi connectivity index (χ4v) is 4.58. The Hall–Kier alpha value is -2.36. The molecule has 0 aliphatic heterocycles. The van der Waals surface area contributed by atoms with Gasteiger partial charge in [0.15, 0.2) is 5.69 Å². The molecule has 0 saturated carbocycles. The van der Waals surface area contributed by atoms with Crippen LogP contribution in [-0.4, -0.2) is 21.6 Å². The van der Waals surface area contributed by atoms with Crippen LogP contribution in [0.2, 0.25) is 0 Å². The van der Waals surface area contributed by atoms with E-state index in [0.717, 1.165) is 40.8 Å². The summed E-state index contributed by atoms with van der Waals surface area (Å²) in [5, 5.41) is 6.48. The maximum atomic E-state index is 13.0. The molecule has 0 radical (unpaired) electrons. The Morgan fingerprint density at radius 2 is 2.04 bits per heavy atom. The lowest BCUT2D eigenvalue weighted by Gasteiger charge is -2.11. The molecule has 6 nitrogen and oxygen atoms in total. The number of hydrogen-bond donors (Lipinski definition) is 2. The zero-order valence-electron chi connectivity index (χ0n) is 14.7. The number of primary amides is 1. The monoisotopic (exact) mass is 400 g/mol. The van der Waals surface area contributed by atoms with Gasteiger partial charge >= 0.3 is 6.18 Å². The number of aryl methyl sites for hydroxylation is 2. The summed E-state index contributed by atoms with van der Waals surface area (Å²) >= 11 is 1.30. The van der Waals surface area contributed by atoms with E-state index in [1.807, 2.05) is 0 Å². The van der Waals surface area contributed by atoms with Gasteiger partial charge in [0, 0.05) is 16.6 Å². The molecule has 0 unspecified atom stereocenters. The maximum absolute atomic E-state index is 13.0. The summed E-state index contributed by atoms with van der Waals surface area (Å²) < 4.78 is 39.9. The van der Waals surface area contributed by atoms with Crippen molar-refractivity contribution in [1.29, 1.82) is 0 Å². The number of anilines is 1. The number of fused-ring (bicyclic) bond motifs is 1. The number of nitrogens with zero attached hydrogens (tertiary/aromatic N) is 2. The van der Waals surface area contributed by atoms with Crippen LogP contribution in [0.1, 0.15) is 51.8 Å². The van der Waals surface area contributed by atoms with E-state index in [2.05, 4.69) is 10.4 Å². The lowest BCUT2D eigenvalue weighted by molar-refractivity contribution is -0.142. The van der Waals surface area contributed by atoms with Gasteiger partial charge in [0.1, 0.15) is 11.5 Å². The standard InChI is InChI=1S/C17H19F3N4O2S/c1-2-9-7-24(23-14(9)17(18,19)20)8-12(25)22-16-13(15(21)26)10-5-3-4-6-11(10)27-16/h7H,2-6,8H2,1H3,(H2,21,26)(H,22,25). The molecule has 1 aliphatic carbocycles. The van der Waals surface area contributed by atoms with Crippen molar-refractivity contribution in [1.82, 2.24) is 9.78 Å². The van der Waals surface area contributed by atoms with Gasteiger partial charge in [-0.15, -0.1) is 11.3 Å². The number of thiophene rings is 1. The predicted molar refractivity (Wildman–Crippen MR) is 94.7 cm³/mol. The summed E-state index contributed by atoms with van der Waals surface area (Å²) in [6, 6.07) is 0. The Balaban J connectivity index is 1.80. The van der Waals surface area contributed by atoms with E-state index < -0.39 is 23.7 Å². The third-order valence-corrected chi connectivity index (χ3v) is 5.67. The second kappa shape index (κ2) is 7.34. The van der Waals surface area contributed by atoms with Crippen LogP contribution in [0.15, 0.2) is 6.20 Å². The number of nitrogens with two attached hydrogens (primary N) is 1. The molecular weight excluding hydrogens is 381 g/mol. The van der Waals surface area contributed by atoms with Gasteiger partial charge in [-0.2, -0.15) is 18.3 Å². The highest BCUT2D eigenvalue weighted by molar-refractivity contribution is 7.17. The number of nitrogens with one attached hydrogen (secondary N) is 1. The lowest BCUT2D eigenvalue weighted by atomic mass is 9.95. The Bertz CT molecular complexity index is 886. The molecule has 27 heavy (non-hydrogen) atoms. The van der Waals surface area contributed by atoms with E-state index in [0.29, 0.717) is 10.6 Å². The summed E-state index contributed by atoms with van der Waals surface area (Å²) in [7, 11) is 0. The molecule has 3 N–H and O–H groups in total. The minimum Gasteiger partial charge on any atom is -0.365 e. The number of amides is 2. The lowest BCUT2D eigenvalue weighted by Crippen LogP contribution is -2.22. The summed E-state index contributed by atoms with van der Waals surface area (Å²) in [4.78, 5) is 25.2. The summed E-state index contributed by atoms with van der Waals surface area (Å²) in [5.74, 6) is -1.17. The van der Waals surface area contributed by atoms with Crippen LogP contribution in [0.4, 0.5) is 18.2 Å². The third kappa shape index (κ3) is 4.00. The van der Waals surface area contributed by atoms with E-state index in [-0.39, 0.29) is 18.5 Å². The second-order valence-electron chi connectivity index (χ2n) is 6.38. The molecule has 1 aliphatic rings. The normalized spacial score (nSPS) is 14.1. The molecule has 0 bridgehead atoms. The molecule has 2 heterocycles. The molecular formula is C17H19F3N4O2S. The quantitative estimate of drug-likeness (QED) is 0.808. The van der Waals surface area contributed by atoms with Crippen LogP contribution < -0.4 is 11.1 Å². The Kier molecular flexibility index (Phi) is 5.27. The smallest absolute Gasteiger partial charge is 0.365 e. The van der Waals surface area contributed by atoms with Crippen molar-refractivity contribution in [3.8, 4) is 0 Å². The first-order chi connectivity index (χ1) is 12.7. The van der Waals surface area contributed by atoms with Gasteiger partial charge in [-0.3, -0.25) is 14.3 Å². The van der Waals surface area contributed by atoms with Crippen LogP contribution in [0.25, 0.3) is 0 Å². The van der Waals surface area contributed by atoms with E-state index in [9.17, 15) is 22.8 Å². The molecule has 2 aromatic rings. The fraction of sp³-hybridized carbons (Fsp3) is 0.471. The van der Waals surface area contributed by atoms with Gasteiger partial charge in [-0.25, -0.2) is 0 Å². The fourth-order valence-electron chi connectivity index (χ4n) is 3.27. The summed E-state index contributed by atoms with van der Waals surface area (Å²) in [6.07, 6.45) is 0.310. The van der Waals surface area contributed by atoms with E-state index >= 15 is 0 Å². The highest BCUT2D eigenvalue weighted by Gasteiger charge is 2.36. The van der Waals surface area contributed by atoms with Crippen LogP contribution >= 0.6 is 11.3 Å². The highest BCUT2D eigenvalue weighted by atomic mass is 32.1. The van der Waals surface area contributed by atoms with Gasteiger partial charge in [0.25, 0.3) is 5.91 Å². The molecule has 0 spiro atoms. The van der Waals surface area contributed by atoms with E-state index in [4.69, 9.17) is 5.73 Å². The second-order valence-corrected chi connectivity index (χ2v) is 7.48. The van der Waals surface area contributed by atoms with E-state index in [1.165, 1.54) is 17.5 Å². The topological polar surface area (TPSA) is 90.0 Å². The van der Waals surface area contributed by atoms with Crippen molar-refractivity contribution in [3.63, 3.8) is 0 Å². The maximum Gasteiger partial charge on any atom is 0.435 e. The zero-order chi connectivity index (χ0) is 19.8. The van der Waals surface area contributed by atoms with E-state index in [1.54, 1.807) is 6.92 Å². The highest BCUT2D eigenvalue weighted by Crippen LogP contribution is 2.38. The van der Waals surface area contributed by atoms with Crippen molar-refractivity contribution >= 4 is 28.2 Å². The van der Waals surface area contributed by atoms with Crippen molar-refractivity contribution in [2.45, 2.75) is 51.7 Å². The minimum atomic E-state index is -4.57. The Morgan fingerprint density at radius 1 is 1.33 bits per heavy atom. The van der Waals surface area contributed by atoms with Gasteiger partial charge in [-0.05, 0) is 37.7 Å². The third-order valence-electron chi connectivity index (χ3n) is 4.46. The average Bonchev–Trinajstić information content (AvgIpc) is 3.14. The summed E-state index contributed by atoms with van der Waals surface area (Å²) in [5.41, 5.74) is 5.71. The molecule has 0 fully saturated rings. The van der Waals surface area contributed by atoms with Gasteiger partial charge in [-0.1, -0.05) is 6.92 Å². The first-order valence-corrected chi connectivity index (χ1v) is 9.40. The molecule has 3 rings (SSSR count). The van der Waals surface area contributed by atoms with Crippen molar-refractivity contribution in [2.24, 2.45) is 5.73 Å². The predicted octanol–water partition coefficient (Wildman–Crippen LogP) is 3.14. The number of carbonyl (C=O) groups excluding carboxylic acids is 2. The van der Waals surface area contributed by atoms with Crippen molar-refractivity contribution in [3.05, 3.63) is 33.5 Å².